The first-order chi connectivity index (χ1) is 11.8. The van der Waals surface area contributed by atoms with Gasteiger partial charge in [0, 0.05) is 17.8 Å². The molecule has 0 radical (unpaired) electrons. The van der Waals surface area contributed by atoms with E-state index < -0.39 is 29.7 Å². The third-order valence-corrected chi connectivity index (χ3v) is 4.58. The average molecular weight is 351 g/mol. The van der Waals surface area contributed by atoms with Crippen molar-refractivity contribution in [1.29, 1.82) is 0 Å². The predicted octanol–water partition coefficient (Wildman–Crippen LogP) is 1.13. The van der Waals surface area contributed by atoms with Crippen molar-refractivity contribution in [2.24, 2.45) is 5.73 Å². The molecular formula is C14H12F3N7O. The maximum atomic E-state index is 13.6. The molecule has 3 aromatic rings. The number of alkyl halides is 2. The van der Waals surface area contributed by atoms with Crippen molar-refractivity contribution < 1.29 is 18.0 Å². The molecule has 1 aliphatic rings. The molecular weight excluding hydrogens is 339 g/mol. The third-order valence-electron chi connectivity index (χ3n) is 4.58. The number of aromatic nitrogens is 6. The molecule has 1 amide bonds. The van der Waals surface area contributed by atoms with E-state index in [2.05, 4.69) is 20.3 Å². The number of hydrogen-bond acceptors (Lipinski definition) is 5. The van der Waals surface area contributed by atoms with Gasteiger partial charge >= 0.3 is 6.55 Å². The highest BCUT2D eigenvalue weighted by Gasteiger charge is 2.48. The summed E-state index contributed by atoms with van der Waals surface area (Å²) in [6.45, 7) is -1.20. The maximum absolute atomic E-state index is 13.6. The second-order valence-corrected chi connectivity index (χ2v) is 6.12. The first-order valence-electron chi connectivity index (χ1n) is 7.35. The zero-order valence-corrected chi connectivity index (χ0v) is 12.9. The lowest BCUT2D eigenvalue weighted by Crippen LogP contribution is -2.26. The summed E-state index contributed by atoms with van der Waals surface area (Å²) in [5.41, 5.74) is 5.82. The number of rotatable bonds is 3. The van der Waals surface area contributed by atoms with Crippen LogP contribution < -0.4 is 5.73 Å². The molecule has 1 aliphatic carbocycles. The Bertz CT molecular complexity index is 998. The largest absolute Gasteiger partial charge is 0.369 e. The molecule has 0 saturated carbocycles. The lowest BCUT2D eigenvalue weighted by atomic mass is 9.83. The van der Waals surface area contributed by atoms with Crippen LogP contribution in [0.5, 0.6) is 0 Å². The lowest BCUT2D eigenvalue weighted by Gasteiger charge is -2.23. The van der Waals surface area contributed by atoms with Gasteiger partial charge in [0.1, 0.15) is 0 Å². The Labute approximate surface area is 138 Å². The summed E-state index contributed by atoms with van der Waals surface area (Å²) in [6, 6.07) is 1.13. The highest BCUT2D eigenvalue weighted by Crippen LogP contribution is 2.48. The third kappa shape index (κ3) is 2.11. The van der Waals surface area contributed by atoms with Gasteiger partial charge in [0.25, 0.3) is 0 Å². The Morgan fingerprint density at radius 2 is 2.16 bits per heavy atom. The van der Waals surface area contributed by atoms with E-state index in [-0.39, 0.29) is 22.6 Å². The number of halogens is 3. The van der Waals surface area contributed by atoms with Gasteiger partial charge in [-0.2, -0.15) is 23.4 Å². The van der Waals surface area contributed by atoms with Crippen molar-refractivity contribution in [3.63, 3.8) is 0 Å². The van der Waals surface area contributed by atoms with Gasteiger partial charge in [-0.1, -0.05) is 0 Å². The SMILES string of the molecule is CC1(c2cnn(C(F)F)n2)CC(C(N)=O)c2cnc3cc(F)nn3c21. The number of nitrogens with zero attached hydrogens (tertiary/aromatic N) is 6. The summed E-state index contributed by atoms with van der Waals surface area (Å²) < 4.78 is 40.5. The van der Waals surface area contributed by atoms with Crippen LogP contribution in [0, 0.1) is 5.95 Å². The minimum atomic E-state index is -2.90. The first kappa shape index (κ1) is 15.5. The normalized spacial score (nSPS) is 22.7. The van der Waals surface area contributed by atoms with E-state index in [4.69, 9.17) is 5.73 Å². The number of fused-ring (bicyclic) bond motifs is 3. The van der Waals surface area contributed by atoms with Crippen LogP contribution in [0.4, 0.5) is 13.2 Å². The second-order valence-electron chi connectivity index (χ2n) is 6.12. The predicted molar refractivity (Wildman–Crippen MR) is 77.2 cm³/mol. The van der Waals surface area contributed by atoms with Gasteiger partial charge in [-0.3, -0.25) is 4.79 Å². The van der Waals surface area contributed by atoms with Crippen LogP contribution in [-0.2, 0) is 10.2 Å². The van der Waals surface area contributed by atoms with Gasteiger partial charge in [-0.05, 0) is 13.3 Å². The van der Waals surface area contributed by atoms with Crippen molar-refractivity contribution in [1.82, 2.24) is 29.6 Å². The summed E-state index contributed by atoms with van der Waals surface area (Å²) in [5, 5.41) is 11.1. The molecule has 0 saturated heterocycles. The Kier molecular flexibility index (Phi) is 3.11. The quantitative estimate of drug-likeness (QED) is 0.762. The fraction of sp³-hybridized carbons (Fsp3) is 0.357. The van der Waals surface area contributed by atoms with E-state index >= 15 is 0 Å². The molecule has 2 unspecified atom stereocenters. The number of primary amides is 1. The Morgan fingerprint density at radius 1 is 1.40 bits per heavy atom. The number of carbonyl (C=O) groups is 1. The number of hydrogen-bond donors (Lipinski definition) is 1. The summed E-state index contributed by atoms with van der Waals surface area (Å²) in [4.78, 5) is 16.2. The van der Waals surface area contributed by atoms with E-state index in [1.807, 2.05) is 0 Å². The molecule has 8 nitrogen and oxygen atoms in total. The van der Waals surface area contributed by atoms with Gasteiger partial charge in [-0.15, -0.1) is 9.90 Å². The van der Waals surface area contributed by atoms with E-state index in [0.717, 1.165) is 6.07 Å². The average Bonchev–Trinajstić information content (AvgIpc) is 3.22. The maximum Gasteiger partial charge on any atom is 0.348 e. The summed E-state index contributed by atoms with van der Waals surface area (Å²) >= 11 is 0. The smallest absolute Gasteiger partial charge is 0.348 e. The molecule has 130 valence electrons. The van der Waals surface area contributed by atoms with Crippen LogP contribution in [0.1, 0.15) is 42.8 Å². The van der Waals surface area contributed by atoms with E-state index in [9.17, 15) is 18.0 Å². The fourth-order valence-corrected chi connectivity index (χ4v) is 3.44. The zero-order valence-electron chi connectivity index (χ0n) is 12.9. The molecule has 25 heavy (non-hydrogen) atoms. The number of carbonyl (C=O) groups excluding carboxylic acids is 1. The molecule has 2 atom stereocenters. The molecule has 0 aromatic carbocycles. The molecule has 2 N–H and O–H groups in total. The van der Waals surface area contributed by atoms with Gasteiger partial charge < -0.3 is 5.73 Å². The monoisotopic (exact) mass is 351 g/mol. The summed E-state index contributed by atoms with van der Waals surface area (Å²) in [6.07, 6.45) is 2.80. The van der Waals surface area contributed by atoms with Crippen molar-refractivity contribution >= 4 is 11.6 Å². The zero-order chi connectivity index (χ0) is 17.9. The molecule has 0 bridgehead atoms. The van der Waals surface area contributed by atoms with Crippen LogP contribution in [0.25, 0.3) is 5.65 Å². The first-order valence-corrected chi connectivity index (χ1v) is 7.35. The van der Waals surface area contributed by atoms with Crippen molar-refractivity contribution in [2.75, 3.05) is 0 Å². The van der Waals surface area contributed by atoms with Crippen LogP contribution in [0.2, 0.25) is 0 Å². The summed E-state index contributed by atoms with van der Waals surface area (Å²) in [5.74, 6) is -2.07. The summed E-state index contributed by atoms with van der Waals surface area (Å²) in [7, 11) is 0. The standard InChI is InChI=1S/C14H12F3N7O/c1-14(8-5-20-24(21-8)13(16)17)3-6(12(18)25)7-4-19-10-2-9(15)22-23(10)11(7)14/h2,4-6,13H,3H2,1H3,(H2,18,25). The van der Waals surface area contributed by atoms with Crippen molar-refractivity contribution in [2.45, 2.75) is 31.2 Å². The van der Waals surface area contributed by atoms with Gasteiger partial charge in [0.05, 0.1) is 28.9 Å². The number of nitrogens with two attached hydrogens (primary N) is 1. The van der Waals surface area contributed by atoms with E-state index in [1.165, 1.54) is 16.9 Å². The van der Waals surface area contributed by atoms with Gasteiger partial charge in [0.15, 0.2) is 5.65 Å². The van der Waals surface area contributed by atoms with Crippen molar-refractivity contribution in [3.8, 4) is 0 Å². The topological polar surface area (TPSA) is 104 Å². The van der Waals surface area contributed by atoms with Crippen LogP contribution in [0.15, 0.2) is 18.5 Å². The molecule has 0 spiro atoms. The minimum absolute atomic E-state index is 0.169. The lowest BCUT2D eigenvalue weighted by molar-refractivity contribution is -0.119. The number of amides is 1. The minimum Gasteiger partial charge on any atom is -0.369 e. The van der Waals surface area contributed by atoms with E-state index in [0.29, 0.717) is 11.3 Å². The highest BCUT2D eigenvalue weighted by molar-refractivity contribution is 5.84. The molecule has 0 fully saturated rings. The van der Waals surface area contributed by atoms with E-state index in [1.54, 1.807) is 6.92 Å². The highest BCUT2D eigenvalue weighted by atomic mass is 19.3. The fourth-order valence-electron chi connectivity index (χ4n) is 3.44. The van der Waals surface area contributed by atoms with Gasteiger partial charge in [0.2, 0.25) is 11.9 Å². The Morgan fingerprint density at radius 3 is 2.80 bits per heavy atom. The second kappa shape index (κ2) is 5.01. The van der Waals surface area contributed by atoms with Crippen LogP contribution in [0.3, 0.4) is 0 Å². The molecule has 11 heteroatoms. The van der Waals surface area contributed by atoms with Crippen LogP contribution >= 0.6 is 0 Å². The molecule has 4 rings (SSSR count). The molecule has 3 aromatic heterocycles. The molecule has 3 heterocycles. The Balaban J connectivity index is 1.99. The van der Waals surface area contributed by atoms with Crippen molar-refractivity contribution in [3.05, 3.63) is 41.4 Å². The Hall–Kier alpha value is -2.98. The molecule has 0 aliphatic heterocycles. The van der Waals surface area contributed by atoms with Gasteiger partial charge in [-0.25, -0.2) is 9.50 Å². The van der Waals surface area contributed by atoms with Crippen LogP contribution in [-0.4, -0.2) is 35.5 Å².